The van der Waals surface area contributed by atoms with E-state index in [1.807, 2.05) is 0 Å². The maximum absolute atomic E-state index is 14.2. The van der Waals surface area contributed by atoms with E-state index in [0.717, 1.165) is 50.7 Å². The van der Waals surface area contributed by atoms with E-state index < -0.39 is 0 Å². The van der Waals surface area contributed by atoms with Crippen LogP contribution in [0.3, 0.4) is 0 Å². The summed E-state index contributed by atoms with van der Waals surface area (Å²) in [5.74, 6) is -0.282. The minimum atomic E-state index is -0.282. The van der Waals surface area contributed by atoms with Crippen LogP contribution >= 0.6 is 15.9 Å². The molecule has 2 heterocycles. The molecule has 2 saturated heterocycles. The summed E-state index contributed by atoms with van der Waals surface area (Å²) in [6.07, 6.45) is 5.76. The summed E-state index contributed by atoms with van der Waals surface area (Å²) in [7, 11) is 0. The minimum absolute atomic E-state index is 0.161. The summed E-state index contributed by atoms with van der Waals surface area (Å²) in [5.41, 5.74) is 1.42. The van der Waals surface area contributed by atoms with Crippen LogP contribution in [-0.4, -0.2) is 25.8 Å². The molecule has 2 aliphatic rings. The van der Waals surface area contributed by atoms with Crippen LogP contribution < -0.4 is 0 Å². The second kappa shape index (κ2) is 9.25. The van der Waals surface area contributed by atoms with Gasteiger partial charge >= 0.3 is 0 Å². The quantitative estimate of drug-likeness (QED) is 0.692. The highest BCUT2D eigenvalue weighted by molar-refractivity contribution is 9.10. The van der Waals surface area contributed by atoms with Crippen molar-refractivity contribution in [1.29, 1.82) is 0 Å². The van der Waals surface area contributed by atoms with Gasteiger partial charge in [-0.1, -0.05) is 15.9 Å². The summed E-state index contributed by atoms with van der Waals surface area (Å²) in [4.78, 5) is 0. The Hall–Kier alpha value is -0.530. The third-order valence-electron chi connectivity index (χ3n) is 4.34. The van der Waals surface area contributed by atoms with Gasteiger partial charge in [0.25, 0.3) is 0 Å². The number of rotatable bonds is 6. The molecule has 0 aromatic heterocycles. The van der Waals surface area contributed by atoms with Gasteiger partial charge in [0.1, 0.15) is 5.82 Å². The number of hydrogen-bond acceptors (Lipinski definition) is 4. The van der Waals surface area contributed by atoms with Crippen molar-refractivity contribution in [2.24, 2.45) is 0 Å². The van der Waals surface area contributed by atoms with E-state index in [2.05, 4.69) is 15.9 Å². The van der Waals surface area contributed by atoms with Gasteiger partial charge in [0, 0.05) is 23.2 Å². The molecule has 2 aliphatic heterocycles. The van der Waals surface area contributed by atoms with Crippen molar-refractivity contribution in [3.8, 4) is 0 Å². The highest BCUT2D eigenvalue weighted by Crippen LogP contribution is 2.25. The Bertz CT molecular complexity index is 485. The molecule has 2 fully saturated rings. The lowest BCUT2D eigenvalue weighted by molar-refractivity contribution is -0.170. The summed E-state index contributed by atoms with van der Waals surface area (Å²) in [6.45, 7) is 2.05. The van der Waals surface area contributed by atoms with Crippen molar-refractivity contribution >= 4 is 15.9 Å². The van der Waals surface area contributed by atoms with Crippen LogP contribution in [0.1, 0.15) is 49.7 Å². The topological polar surface area (TPSA) is 36.9 Å². The predicted octanol–water partition coefficient (Wildman–Crippen LogP) is 4.67. The van der Waals surface area contributed by atoms with Crippen molar-refractivity contribution in [2.45, 2.75) is 64.3 Å². The fourth-order valence-electron chi connectivity index (χ4n) is 2.92. The molecule has 0 spiro atoms. The zero-order valence-electron chi connectivity index (χ0n) is 13.8. The highest BCUT2D eigenvalue weighted by atomic mass is 79.9. The molecule has 0 bridgehead atoms. The largest absolute Gasteiger partial charge is 0.353 e. The number of halogens is 2. The van der Waals surface area contributed by atoms with Crippen LogP contribution in [0.4, 0.5) is 4.39 Å². The first-order valence-electron chi connectivity index (χ1n) is 8.65. The maximum Gasteiger partial charge on any atom is 0.158 e. The zero-order valence-corrected chi connectivity index (χ0v) is 15.4. The predicted molar refractivity (Wildman–Crippen MR) is 90.9 cm³/mol. The van der Waals surface area contributed by atoms with Crippen LogP contribution in [0.2, 0.25) is 0 Å². The zero-order chi connectivity index (χ0) is 16.8. The standard InChI is InChI=1S/C18H24BrFO4/c19-15-10-16(20)14(12-24-18-6-2-4-8-22-18)9-13(15)11-23-17-5-1-3-7-21-17/h9-10,17-18H,1-8,11-12H2. The normalized spacial score (nSPS) is 24.9. The molecule has 134 valence electrons. The van der Waals surface area contributed by atoms with Crippen LogP contribution in [0, 0.1) is 5.82 Å². The molecule has 24 heavy (non-hydrogen) atoms. The van der Waals surface area contributed by atoms with E-state index in [0.29, 0.717) is 23.2 Å². The third-order valence-corrected chi connectivity index (χ3v) is 5.08. The molecular weight excluding hydrogens is 379 g/mol. The second-order valence-corrected chi connectivity index (χ2v) is 7.10. The first-order chi connectivity index (χ1) is 11.7. The molecule has 2 unspecified atom stereocenters. The van der Waals surface area contributed by atoms with Gasteiger partial charge in [-0.15, -0.1) is 0 Å². The Morgan fingerprint density at radius 1 is 0.917 bits per heavy atom. The average molecular weight is 403 g/mol. The van der Waals surface area contributed by atoms with Gasteiger partial charge in [-0.25, -0.2) is 4.39 Å². The monoisotopic (exact) mass is 402 g/mol. The van der Waals surface area contributed by atoms with Crippen LogP contribution in [0.15, 0.2) is 16.6 Å². The van der Waals surface area contributed by atoms with Gasteiger partial charge in [0.15, 0.2) is 12.6 Å². The highest BCUT2D eigenvalue weighted by Gasteiger charge is 2.18. The molecule has 1 aromatic carbocycles. The van der Waals surface area contributed by atoms with Crippen molar-refractivity contribution in [3.05, 3.63) is 33.5 Å². The first kappa shape index (κ1) is 18.3. The molecule has 2 atom stereocenters. The molecule has 6 heteroatoms. The van der Waals surface area contributed by atoms with E-state index in [9.17, 15) is 4.39 Å². The minimum Gasteiger partial charge on any atom is -0.353 e. The third kappa shape index (κ3) is 5.23. The van der Waals surface area contributed by atoms with Crippen LogP contribution in [0.5, 0.6) is 0 Å². The van der Waals surface area contributed by atoms with E-state index >= 15 is 0 Å². The van der Waals surface area contributed by atoms with E-state index in [4.69, 9.17) is 18.9 Å². The van der Waals surface area contributed by atoms with Crippen molar-refractivity contribution in [2.75, 3.05) is 13.2 Å². The molecule has 1 aromatic rings. The lowest BCUT2D eigenvalue weighted by atomic mass is 10.1. The summed E-state index contributed by atoms with van der Waals surface area (Å²) < 4.78 is 37.5. The van der Waals surface area contributed by atoms with E-state index in [1.54, 1.807) is 6.07 Å². The number of benzene rings is 1. The molecule has 0 radical (unpaired) electrons. The first-order valence-corrected chi connectivity index (χ1v) is 9.45. The van der Waals surface area contributed by atoms with E-state index in [-0.39, 0.29) is 25.0 Å². The summed E-state index contributed by atoms with van der Waals surface area (Å²) in [6, 6.07) is 3.27. The lowest BCUT2D eigenvalue weighted by Gasteiger charge is -2.24. The molecule has 4 nitrogen and oxygen atoms in total. The Labute approximate surface area is 150 Å². The Morgan fingerprint density at radius 2 is 1.50 bits per heavy atom. The molecule has 0 saturated carbocycles. The smallest absolute Gasteiger partial charge is 0.158 e. The number of hydrogen-bond donors (Lipinski definition) is 0. The van der Waals surface area contributed by atoms with Crippen molar-refractivity contribution < 1.29 is 23.3 Å². The number of ether oxygens (including phenoxy) is 4. The van der Waals surface area contributed by atoms with E-state index in [1.165, 1.54) is 6.07 Å². The van der Waals surface area contributed by atoms with Gasteiger partial charge < -0.3 is 18.9 Å². The summed E-state index contributed by atoms with van der Waals surface area (Å²) in [5, 5.41) is 0. The Morgan fingerprint density at radius 3 is 2.04 bits per heavy atom. The average Bonchev–Trinajstić information content (AvgIpc) is 2.62. The SMILES string of the molecule is Fc1cc(Br)c(COC2CCCCO2)cc1COC1CCCCO1. The fourth-order valence-corrected chi connectivity index (χ4v) is 3.35. The maximum atomic E-state index is 14.2. The lowest BCUT2D eigenvalue weighted by Crippen LogP contribution is -2.22. The summed E-state index contributed by atoms with van der Waals surface area (Å²) >= 11 is 3.41. The van der Waals surface area contributed by atoms with Gasteiger partial charge in [-0.05, 0) is 56.2 Å². The van der Waals surface area contributed by atoms with Crippen LogP contribution in [-0.2, 0) is 32.2 Å². The van der Waals surface area contributed by atoms with Gasteiger partial charge in [0.05, 0.1) is 13.2 Å². The van der Waals surface area contributed by atoms with Gasteiger partial charge in [-0.2, -0.15) is 0 Å². The Kier molecular flexibility index (Phi) is 7.04. The molecule has 0 aliphatic carbocycles. The molecular formula is C18H24BrFO4. The fraction of sp³-hybridized carbons (Fsp3) is 0.667. The molecule has 0 N–H and O–H groups in total. The van der Waals surface area contributed by atoms with Crippen molar-refractivity contribution in [1.82, 2.24) is 0 Å². The second-order valence-electron chi connectivity index (χ2n) is 6.25. The molecule has 0 amide bonds. The van der Waals surface area contributed by atoms with Gasteiger partial charge in [-0.3, -0.25) is 0 Å². The Balaban J connectivity index is 1.57. The van der Waals surface area contributed by atoms with Crippen LogP contribution in [0.25, 0.3) is 0 Å². The van der Waals surface area contributed by atoms with Crippen molar-refractivity contribution in [3.63, 3.8) is 0 Å². The van der Waals surface area contributed by atoms with Gasteiger partial charge in [0.2, 0.25) is 0 Å². The molecule has 3 rings (SSSR count).